The first kappa shape index (κ1) is 24.5. The van der Waals surface area contributed by atoms with E-state index in [1.807, 2.05) is 80.6 Å². The van der Waals surface area contributed by atoms with Crippen LogP contribution in [0.25, 0.3) is 0 Å². The van der Waals surface area contributed by atoms with Gasteiger partial charge < -0.3 is 15.4 Å². The highest BCUT2D eigenvalue weighted by molar-refractivity contribution is 6.09. The molecule has 1 unspecified atom stereocenters. The number of nitrogens with zero attached hydrogens (tertiary/aromatic N) is 1. The second-order valence-corrected chi connectivity index (χ2v) is 10.6. The molecule has 5 rings (SSSR count). The lowest BCUT2D eigenvalue weighted by atomic mass is 9.68. The zero-order valence-corrected chi connectivity index (χ0v) is 21.6. The molecule has 2 heterocycles. The largest absolute Gasteiger partial charge is 0.457 e. The number of hydrogen-bond donors (Lipinski definition) is 2. The number of benzene rings is 2. The number of rotatable bonds is 5. The number of para-hydroxylation sites is 1. The molecule has 1 aliphatic heterocycles. The number of aromatic nitrogens is 1. The summed E-state index contributed by atoms with van der Waals surface area (Å²) in [6.45, 7) is 8.05. The van der Waals surface area contributed by atoms with Gasteiger partial charge in [0.15, 0.2) is 5.78 Å². The molecule has 0 fully saturated rings. The van der Waals surface area contributed by atoms with Crippen molar-refractivity contribution in [3.8, 4) is 11.5 Å². The molecule has 0 bridgehead atoms. The zero-order valence-electron chi connectivity index (χ0n) is 21.6. The predicted octanol–water partition coefficient (Wildman–Crippen LogP) is 6.43. The Balaban J connectivity index is 1.58. The second kappa shape index (κ2) is 9.69. The summed E-state index contributed by atoms with van der Waals surface area (Å²) in [5, 5.41) is 6.36. The second-order valence-electron chi connectivity index (χ2n) is 10.6. The van der Waals surface area contributed by atoms with Gasteiger partial charge in [0.1, 0.15) is 17.3 Å². The van der Waals surface area contributed by atoms with Crippen LogP contribution in [0.4, 0.5) is 5.82 Å². The first-order valence-electron chi connectivity index (χ1n) is 12.5. The summed E-state index contributed by atoms with van der Waals surface area (Å²) < 4.78 is 6.09. The number of ketones is 1. The van der Waals surface area contributed by atoms with E-state index in [9.17, 15) is 9.59 Å². The number of carbonyl (C=O) groups excluding carboxylic acids is 2. The number of carbonyl (C=O) groups is 2. The normalized spacial score (nSPS) is 18.7. The molecule has 1 aliphatic carbocycles. The molecular weight excluding hydrogens is 462 g/mol. The van der Waals surface area contributed by atoms with Crippen LogP contribution in [0.5, 0.6) is 11.5 Å². The molecule has 6 heteroatoms. The van der Waals surface area contributed by atoms with Crippen molar-refractivity contribution in [1.29, 1.82) is 0 Å². The SMILES string of the molecule is CC1=C(C(=O)Nc2cc(C)ccn2)C(c2cccc(Oc3ccccc3)c2)C2=C(CC(C)(C)CC2=O)N1. The molecule has 0 radical (unpaired) electrons. The number of anilines is 1. The standard InChI is InChI=1S/C31H31N3O3/c1-19-13-14-32-26(15-19)34-30(36)27-20(2)33-24-17-31(3,4)18-25(35)29(24)28(27)21-9-8-12-23(16-21)37-22-10-6-5-7-11-22/h5-16,28,33H,17-18H2,1-4H3,(H,32,34,36). The maximum absolute atomic E-state index is 13.7. The van der Waals surface area contributed by atoms with Gasteiger partial charge in [-0.2, -0.15) is 0 Å². The van der Waals surface area contributed by atoms with Crippen LogP contribution in [0.2, 0.25) is 0 Å². The van der Waals surface area contributed by atoms with Crippen LogP contribution in [-0.2, 0) is 9.59 Å². The molecule has 0 saturated carbocycles. The van der Waals surface area contributed by atoms with E-state index in [0.29, 0.717) is 29.1 Å². The van der Waals surface area contributed by atoms with Crippen LogP contribution in [0.15, 0.2) is 95.5 Å². The van der Waals surface area contributed by atoms with Crippen molar-refractivity contribution in [2.75, 3.05) is 5.32 Å². The van der Waals surface area contributed by atoms with Crippen molar-refractivity contribution >= 4 is 17.5 Å². The molecule has 0 saturated heterocycles. The Morgan fingerprint density at radius 3 is 2.51 bits per heavy atom. The molecule has 2 aliphatic rings. The Hall–Kier alpha value is -4.19. The van der Waals surface area contributed by atoms with E-state index in [0.717, 1.165) is 34.7 Å². The van der Waals surface area contributed by atoms with E-state index in [1.54, 1.807) is 6.20 Å². The van der Waals surface area contributed by atoms with Gasteiger partial charge in [-0.25, -0.2) is 4.98 Å². The van der Waals surface area contributed by atoms with Crippen molar-refractivity contribution in [3.63, 3.8) is 0 Å². The average Bonchev–Trinajstić information content (AvgIpc) is 2.83. The molecule has 1 amide bonds. The lowest BCUT2D eigenvalue weighted by Gasteiger charge is -2.39. The van der Waals surface area contributed by atoms with Crippen molar-refractivity contribution in [2.24, 2.45) is 5.41 Å². The first-order chi connectivity index (χ1) is 17.7. The molecule has 6 nitrogen and oxygen atoms in total. The third kappa shape index (κ3) is 5.19. The number of aryl methyl sites for hydroxylation is 1. The molecule has 2 N–H and O–H groups in total. The monoisotopic (exact) mass is 493 g/mol. The van der Waals surface area contributed by atoms with Gasteiger partial charge in [-0.3, -0.25) is 9.59 Å². The summed E-state index contributed by atoms with van der Waals surface area (Å²) in [7, 11) is 0. The van der Waals surface area contributed by atoms with E-state index >= 15 is 0 Å². The third-order valence-electron chi connectivity index (χ3n) is 6.81. The Bertz CT molecular complexity index is 1440. The highest BCUT2D eigenvalue weighted by atomic mass is 16.5. The summed E-state index contributed by atoms with van der Waals surface area (Å²) in [6, 6.07) is 20.9. The van der Waals surface area contributed by atoms with E-state index in [2.05, 4.69) is 29.5 Å². The van der Waals surface area contributed by atoms with Crippen LogP contribution in [0, 0.1) is 12.3 Å². The summed E-state index contributed by atoms with van der Waals surface area (Å²) in [6.07, 6.45) is 2.83. The number of allylic oxidation sites excluding steroid dienone is 3. The molecule has 3 aromatic rings. The minimum Gasteiger partial charge on any atom is -0.457 e. The maximum Gasteiger partial charge on any atom is 0.255 e. The third-order valence-corrected chi connectivity index (χ3v) is 6.81. The molecule has 0 spiro atoms. The van der Waals surface area contributed by atoms with Crippen LogP contribution in [0.3, 0.4) is 0 Å². The Labute approximate surface area is 217 Å². The van der Waals surface area contributed by atoms with E-state index < -0.39 is 5.92 Å². The molecule has 37 heavy (non-hydrogen) atoms. The first-order valence-corrected chi connectivity index (χ1v) is 12.5. The van der Waals surface area contributed by atoms with Gasteiger partial charge in [0.05, 0.1) is 0 Å². The maximum atomic E-state index is 13.7. The fourth-order valence-corrected chi connectivity index (χ4v) is 5.24. The van der Waals surface area contributed by atoms with Crippen molar-refractivity contribution in [1.82, 2.24) is 10.3 Å². The number of pyridine rings is 1. The summed E-state index contributed by atoms with van der Waals surface area (Å²) in [5.74, 6) is 1.09. The van der Waals surface area contributed by atoms with Crippen LogP contribution < -0.4 is 15.4 Å². The lowest BCUT2D eigenvalue weighted by Crippen LogP contribution is -2.39. The van der Waals surface area contributed by atoms with Crippen molar-refractivity contribution < 1.29 is 14.3 Å². The van der Waals surface area contributed by atoms with Gasteiger partial charge in [-0.1, -0.05) is 44.2 Å². The summed E-state index contributed by atoms with van der Waals surface area (Å²) >= 11 is 0. The number of dihydropyridines is 1. The van der Waals surface area contributed by atoms with Crippen LogP contribution >= 0.6 is 0 Å². The van der Waals surface area contributed by atoms with Crippen molar-refractivity contribution in [2.45, 2.75) is 46.5 Å². The minimum atomic E-state index is -0.524. The van der Waals surface area contributed by atoms with Crippen LogP contribution in [0.1, 0.15) is 50.7 Å². The topological polar surface area (TPSA) is 80.3 Å². The Kier molecular flexibility index (Phi) is 6.42. The molecule has 2 aromatic carbocycles. The Morgan fingerprint density at radius 1 is 1.00 bits per heavy atom. The quantitative estimate of drug-likeness (QED) is 0.428. The average molecular weight is 494 g/mol. The van der Waals surface area contributed by atoms with E-state index in [4.69, 9.17) is 4.74 Å². The number of nitrogens with one attached hydrogen (secondary N) is 2. The smallest absolute Gasteiger partial charge is 0.255 e. The fourth-order valence-electron chi connectivity index (χ4n) is 5.24. The Morgan fingerprint density at radius 2 is 1.76 bits per heavy atom. The number of amides is 1. The van der Waals surface area contributed by atoms with Crippen LogP contribution in [-0.4, -0.2) is 16.7 Å². The van der Waals surface area contributed by atoms with Gasteiger partial charge in [0.2, 0.25) is 0 Å². The van der Waals surface area contributed by atoms with E-state index in [-0.39, 0.29) is 17.1 Å². The molecule has 188 valence electrons. The van der Waals surface area contributed by atoms with Gasteiger partial charge in [-0.05, 0) is 73.2 Å². The van der Waals surface area contributed by atoms with Gasteiger partial charge in [0.25, 0.3) is 5.91 Å². The highest BCUT2D eigenvalue weighted by Gasteiger charge is 2.42. The van der Waals surface area contributed by atoms with Gasteiger partial charge >= 0.3 is 0 Å². The van der Waals surface area contributed by atoms with Crippen molar-refractivity contribution in [3.05, 3.63) is 107 Å². The summed E-state index contributed by atoms with van der Waals surface area (Å²) in [4.78, 5) is 31.6. The molecular formula is C31H31N3O3. The highest BCUT2D eigenvalue weighted by Crippen LogP contribution is 2.47. The van der Waals surface area contributed by atoms with E-state index in [1.165, 1.54) is 0 Å². The number of Topliss-reactive ketones (excluding diaryl/α,β-unsaturated/α-hetero) is 1. The predicted molar refractivity (Wildman–Crippen MR) is 144 cm³/mol. The number of hydrogen-bond acceptors (Lipinski definition) is 5. The number of ether oxygens (including phenoxy) is 1. The minimum absolute atomic E-state index is 0.0598. The molecule has 1 aromatic heterocycles. The lowest BCUT2D eigenvalue weighted by molar-refractivity contribution is -0.118. The van der Waals surface area contributed by atoms with Gasteiger partial charge in [0, 0.05) is 41.1 Å². The molecule has 1 atom stereocenters. The summed E-state index contributed by atoms with van der Waals surface area (Å²) in [5.41, 5.74) is 4.46. The zero-order chi connectivity index (χ0) is 26.2. The van der Waals surface area contributed by atoms with Gasteiger partial charge in [-0.15, -0.1) is 0 Å². The fraction of sp³-hybridized carbons (Fsp3) is 0.258.